The molecule has 1 unspecified atom stereocenters. The Hall–Kier alpha value is -0.850. The van der Waals surface area contributed by atoms with Gasteiger partial charge in [-0.15, -0.1) is 10.2 Å². The van der Waals surface area contributed by atoms with Gasteiger partial charge in [0.25, 0.3) is 0 Å². The van der Waals surface area contributed by atoms with Crippen molar-refractivity contribution < 1.29 is 4.39 Å². The smallest absolute Gasteiger partial charge is 0.149 e. The number of halogens is 2. The fraction of sp³-hybridized carbons (Fsp3) is 0.273. The second-order valence-corrected chi connectivity index (χ2v) is 5.44. The Labute approximate surface area is 111 Å². The first kappa shape index (κ1) is 12.6. The van der Waals surface area contributed by atoms with Crippen molar-refractivity contribution in [3.8, 4) is 10.6 Å². The van der Waals surface area contributed by atoms with Crippen LogP contribution in [-0.2, 0) is 0 Å². The molecule has 6 heteroatoms. The molecule has 1 atom stereocenters. The number of benzene rings is 1. The predicted molar refractivity (Wildman–Crippen MR) is 70.5 cm³/mol. The molecule has 2 rings (SSSR count). The molecule has 1 aromatic heterocycles. The zero-order valence-electron chi connectivity index (χ0n) is 9.37. The van der Waals surface area contributed by atoms with Crippen LogP contribution in [0.3, 0.4) is 0 Å². The van der Waals surface area contributed by atoms with E-state index in [1.807, 2.05) is 14.0 Å². The summed E-state index contributed by atoms with van der Waals surface area (Å²) in [6, 6.07) is 4.69. The molecule has 17 heavy (non-hydrogen) atoms. The third kappa shape index (κ3) is 2.70. The second kappa shape index (κ2) is 5.20. The third-order valence-corrected chi connectivity index (χ3v) is 4.23. The van der Waals surface area contributed by atoms with E-state index in [-0.39, 0.29) is 11.9 Å². The molecule has 3 nitrogen and oxygen atoms in total. The van der Waals surface area contributed by atoms with Crippen LogP contribution in [-0.4, -0.2) is 17.2 Å². The summed E-state index contributed by atoms with van der Waals surface area (Å²) in [4.78, 5) is 0. The van der Waals surface area contributed by atoms with Crippen LogP contribution in [0.4, 0.5) is 4.39 Å². The van der Waals surface area contributed by atoms with Crippen molar-refractivity contribution in [2.24, 2.45) is 0 Å². The minimum absolute atomic E-state index is 0.147. The average Bonchev–Trinajstić information content (AvgIpc) is 2.80. The van der Waals surface area contributed by atoms with Crippen molar-refractivity contribution in [1.29, 1.82) is 0 Å². The minimum atomic E-state index is -0.276. The highest BCUT2D eigenvalue weighted by atomic mass is 79.9. The van der Waals surface area contributed by atoms with Gasteiger partial charge in [0.1, 0.15) is 15.8 Å². The highest BCUT2D eigenvalue weighted by Crippen LogP contribution is 2.32. The third-order valence-electron chi connectivity index (χ3n) is 2.40. The van der Waals surface area contributed by atoms with Gasteiger partial charge in [-0.2, -0.15) is 0 Å². The molecule has 1 heterocycles. The number of nitrogens with zero attached hydrogens (tertiary/aromatic N) is 2. The molecule has 0 spiro atoms. The Morgan fingerprint density at radius 1 is 1.41 bits per heavy atom. The Balaban J connectivity index is 2.40. The summed E-state index contributed by atoms with van der Waals surface area (Å²) < 4.78 is 14.0. The van der Waals surface area contributed by atoms with Crippen LogP contribution in [0, 0.1) is 5.82 Å². The number of hydrogen-bond donors (Lipinski definition) is 1. The highest BCUT2D eigenvalue weighted by molar-refractivity contribution is 9.10. The molecular weight excluding hydrogens is 305 g/mol. The maximum Gasteiger partial charge on any atom is 0.149 e. The number of rotatable bonds is 3. The summed E-state index contributed by atoms with van der Waals surface area (Å²) in [7, 11) is 1.86. The summed E-state index contributed by atoms with van der Waals surface area (Å²) in [5.41, 5.74) is 0.733. The monoisotopic (exact) mass is 315 g/mol. The van der Waals surface area contributed by atoms with Gasteiger partial charge in [0.15, 0.2) is 0 Å². The van der Waals surface area contributed by atoms with Gasteiger partial charge in [0.05, 0.1) is 6.04 Å². The molecule has 0 amide bonds. The van der Waals surface area contributed by atoms with Crippen molar-refractivity contribution in [2.75, 3.05) is 7.05 Å². The first-order valence-corrected chi connectivity index (χ1v) is 6.69. The Morgan fingerprint density at radius 2 is 2.18 bits per heavy atom. The Morgan fingerprint density at radius 3 is 2.88 bits per heavy atom. The molecule has 0 aliphatic rings. The molecule has 1 aromatic carbocycles. The lowest BCUT2D eigenvalue weighted by Crippen LogP contribution is -2.11. The minimum Gasteiger partial charge on any atom is -0.311 e. The quantitative estimate of drug-likeness (QED) is 0.943. The normalized spacial score (nSPS) is 12.7. The van der Waals surface area contributed by atoms with E-state index in [2.05, 4.69) is 31.4 Å². The van der Waals surface area contributed by atoms with Gasteiger partial charge in [-0.25, -0.2) is 4.39 Å². The van der Waals surface area contributed by atoms with E-state index in [4.69, 9.17) is 0 Å². The summed E-state index contributed by atoms with van der Waals surface area (Å²) in [5.74, 6) is -0.276. The van der Waals surface area contributed by atoms with E-state index >= 15 is 0 Å². The maximum atomic E-state index is 13.2. The highest BCUT2D eigenvalue weighted by Gasteiger charge is 2.13. The molecule has 1 N–H and O–H groups in total. The van der Waals surface area contributed by atoms with Gasteiger partial charge in [0.2, 0.25) is 0 Å². The van der Waals surface area contributed by atoms with Gasteiger partial charge < -0.3 is 5.32 Å². The second-order valence-electron chi connectivity index (χ2n) is 3.58. The van der Waals surface area contributed by atoms with Crippen molar-refractivity contribution >= 4 is 27.3 Å². The Bertz CT molecular complexity index is 529. The summed E-state index contributed by atoms with van der Waals surface area (Å²) in [5, 5.41) is 12.9. The van der Waals surface area contributed by atoms with E-state index < -0.39 is 0 Å². The number of nitrogens with one attached hydrogen (secondary N) is 1. The summed E-state index contributed by atoms with van der Waals surface area (Å²) >= 11 is 4.85. The largest absolute Gasteiger partial charge is 0.311 e. The lowest BCUT2D eigenvalue weighted by molar-refractivity contribution is 0.628. The van der Waals surface area contributed by atoms with Crippen LogP contribution in [0.1, 0.15) is 18.0 Å². The standard InChI is InChI=1S/C11H11BrFN3S/c1-6(14-2)10-15-16-11(17-10)8-5-7(13)3-4-9(8)12/h3-6,14H,1-2H3. The molecule has 0 aliphatic carbocycles. The van der Waals surface area contributed by atoms with Crippen LogP contribution < -0.4 is 5.32 Å². The SMILES string of the molecule is CNC(C)c1nnc(-c2cc(F)ccc2Br)s1. The fourth-order valence-electron chi connectivity index (χ4n) is 1.30. The van der Waals surface area contributed by atoms with E-state index in [0.29, 0.717) is 5.01 Å². The molecule has 0 radical (unpaired) electrons. The molecule has 0 aliphatic heterocycles. The lowest BCUT2D eigenvalue weighted by Gasteiger charge is -2.03. The van der Waals surface area contributed by atoms with E-state index in [1.54, 1.807) is 6.07 Å². The van der Waals surface area contributed by atoms with Gasteiger partial charge in [-0.05, 0) is 32.2 Å². The van der Waals surface area contributed by atoms with Gasteiger partial charge >= 0.3 is 0 Å². The molecule has 90 valence electrons. The van der Waals surface area contributed by atoms with Crippen LogP contribution >= 0.6 is 27.3 Å². The lowest BCUT2D eigenvalue weighted by atomic mass is 10.2. The van der Waals surface area contributed by atoms with Crippen LogP contribution in [0.5, 0.6) is 0 Å². The van der Waals surface area contributed by atoms with Crippen molar-refractivity contribution in [3.05, 3.63) is 33.5 Å². The molecule has 0 fully saturated rings. The first-order valence-electron chi connectivity index (χ1n) is 5.08. The molecular formula is C11H11BrFN3S. The molecule has 0 saturated carbocycles. The van der Waals surface area contributed by atoms with Crippen molar-refractivity contribution in [1.82, 2.24) is 15.5 Å². The van der Waals surface area contributed by atoms with Gasteiger partial charge in [-0.3, -0.25) is 0 Å². The van der Waals surface area contributed by atoms with E-state index in [9.17, 15) is 4.39 Å². The molecule has 2 aromatic rings. The Kier molecular flexibility index (Phi) is 3.86. The van der Waals surface area contributed by atoms with E-state index in [1.165, 1.54) is 23.5 Å². The van der Waals surface area contributed by atoms with Crippen LogP contribution in [0.25, 0.3) is 10.6 Å². The van der Waals surface area contributed by atoms with Crippen molar-refractivity contribution in [2.45, 2.75) is 13.0 Å². The predicted octanol–water partition coefficient (Wildman–Crippen LogP) is 3.39. The number of hydrogen-bond acceptors (Lipinski definition) is 4. The van der Waals surface area contributed by atoms with Gasteiger partial charge in [0, 0.05) is 10.0 Å². The van der Waals surface area contributed by atoms with Crippen LogP contribution in [0.15, 0.2) is 22.7 Å². The van der Waals surface area contributed by atoms with Crippen LogP contribution in [0.2, 0.25) is 0 Å². The molecule has 0 saturated heterocycles. The zero-order valence-corrected chi connectivity index (χ0v) is 11.8. The zero-order chi connectivity index (χ0) is 12.4. The maximum absolute atomic E-state index is 13.2. The molecule has 0 bridgehead atoms. The summed E-state index contributed by atoms with van der Waals surface area (Å²) in [6.45, 7) is 2.00. The average molecular weight is 316 g/mol. The fourth-order valence-corrected chi connectivity index (χ4v) is 2.80. The topological polar surface area (TPSA) is 37.8 Å². The first-order chi connectivity index (χ1) is 8.11. The van der Waals surface area contributed by atoms with E-state index in [0.717, 1.165) is 15.0 Å². The van der Waals surface area contributed by atoms with Gasteiger partial charge in [-0.1, -0.05) is 27.3 Å². The summed E-state index contributed by atoms with van der Waals surface area (Å²) in [6.07, 6.45) is 0. The van der Waals surface area contributed by atoms with Crippen molar-refractivity contribution in [3.63, 3.8) is 0 Å². The number of aromatic nitrogens is 2.